The maximum atomic E-state index is 12.6. The first-order valence-electron chi connectivity index (χ1n) is 4.38. The third kappa shape index (κ3) is 2.68. The van der Waals surface area contributed by atoms with Gasteiger partial charge in [-0.1, -0.05) is 5.21 Å². The zero-order valence-electron chi connectivity index (χ0n) is 8.15. The van der Waals surface area contributed by atoms with Crippen molar-refractivity contribution in [1.82, 2.24) is 15.0 Å². The van der Waals surface area contributed by atoms with Gasteiger partial charge in [-0.3, -0.25) is 0 Å². The summed E-state index contributed by atoms with van der Waals surface area (Å²) in [6.07, 6.45) is -5.97. The quantitative estimate of drug-likeness (QED) is 0.634. The van der Waals surface area contributed by atoms with Crippen LogP contribution >= 0.6 is 0 Å². The molecule has 0 saturated carbocycles. The van der Waals surface area contributed by atoms with Crippen LogP contribution in [0.4, 0.5) is 13.2 Å². The highest BCUT2D eigenvalue weighted by Gasteiger charge is 2.39. The number of nitrogens with two attached hydrogens (primary N) is 1. The van der Waals surface area contributed by atoms with Crippen molar-refractivity contribution in [3.05, 3.63) is 11.4 Å². The third-order valence-electron chi connectivity index (χ3n) is 1.86. The Kier molecular flexibility index (Phi) is 3.83. The van der Waals surface area contributed by atoms with Gasteiger partial charge in [-0.05, 0) is 0 Å². The van der Waals surface area contributed by atoms with Crippen LogP contribution in [-0.4, -0.2) is 37.9 Å². The first-order chi connectivity index (χ1) is 7.40. The van der Waals surface area contributed by atoms with Crippen molar-refractivity contribution in [3.63, 3.8) is 0 Å². The van der Waals surface area contributed by atoms with Crippen LogP contribution in [0.15, 0.2) is 0 Å². The van der Waals surface area contributed by atoms with Crippen molar-refractivity contribution in [2.75, 3.05) is 6.61 Å². The van der Waals surface area contributed by atoms with E-state index >= 15 is 0 Å². The van der Waals surface area contributed by atoms with E-state index < -0.39 is 43.4 Å². The highest BCUT2D eigenvalue weighted by molar-refractivity contribution is 5.13. The molecule has 0 aliphatic rings. The van der Waals surface area contributed by atoms with Gasteiger partial charge in [0.25, 0.3) is 0 Å². The predicted octanol–water partition coefficient (Wildman–Crippen LogP) is -0.891. The minimum absolute atomic E-state index is 0.391. The summed E-state index contributed by atoms with van der Waals surface area (Å²) < 4.78 is 38.2. The van der Waals surface area contributed by atoms with Crippen LogP contribution < -0.4 is 5.73 Å². The monoisotopic (exact) mass is 240 g/mol. The Bertz CT molecular complexity index is 352. The number of rotatable bonds is 4. The molecule has 0 spiro atoms. The lowest BCUT2D eigenvalue weighted by atomic mass is 10.3. The molecule has 0 aliphatic heterocycles. The summed E-state index contributed by atoms with van der Waals surface area (Å²) in [6.45, 7) is -1.54. The SMILES string of the molecule is NCc1nnn(CC(O)CO)c1C(F)(F)F. The molecule has 1 aromatic heterocycles. The van der Waals surface area contributed by atoms with Gasteiger partial charge in [-0.2, -0.15) is 13.2 Å². The smallest absolute Gasteiger partial charge is 0.394 e. The lowest BCUT2D eigenvalue weighted by molar-refractivity contribution is -0.145. The van der Waals surface area contributed by atoms with Gasteiger partial charge in [-0.15, -0.1) is 5.10 Å². The Labute approximate surface area is 88.5 Å². The average molecular weight is 240 g/mol. The molecule has 4 N–H and O–H groups in total. The molecule has 1 unspecified atom stereocenters. The minimum atomic E-state index is -4.65. The third-order valence-corrected chi connectivity index (χ3v) is 1.86. The number of aliphatic hydroxyl groups is 2. The number of hydrogen-bond acceptors (Lipinski definition) is 5. The van der Waals surface area contributed by atoms with Crippen molar-refractivity contribution >= 4 is 0 Å². The molecule has 16 heavy (non-hydrogen) atoms. The van der Waals surface area contributed by atoms with Gasteiger partial charge in [0.05, 0.1) is 19.3 Å². The van der Waals surface area contributed by atoms with Gasteiger partial charge in [0.1, 0.15) is 5.69 Å². The molecule has 9 heteroatoms. The van der Waals surface area contributed by atoms with Crippen molar-refractivity contribution in [1.29, 1.82) is 0 Å². The summed E-state index contributed by atoms with van der Waals surface area (Å²) in [4.78, 5) is 0. The summed E-state index contributed by atoms with van der Waals surface area (Å²) >= 11 is 0. The van der Waals surface area contributed by atoms with Crippen molar-refractivity contribution in [2.24, 2.45) is 5.73 Å². The Balaban J connectivity index is 3.05. The summed E-state index contributed by atoms with van der Waals surface area (Å²) in [6, 6.07) is 0. The molecule has 0 saturated heterocycles. The van der Waals surface area contributed by atoms with Crippen molar-refractivity contribution < 1.29 is 23.4 Å². The molecule has 0 aromatic carbocycles. The van der Waals surface area contributed by atoms with E-state index in [9.17, 15) is 13.2 Å². The maximum Gasteiger partial charge on any atom is 0.434 e. The number of aliphatic hydroxyl groups excluding tert-OH is 2. The molecule has 0 bridgehead atoms. The van der Waals surface area contributed by atoms with Crippen LogP contribution in [0, 0.1) is 0 Å². The minimum Gasteiger partial charge on any atom is -0.394 e. The standard InChI is InChI=1S/C7H11F3N4O2/c8-7(9,10)6-5(1-11)12-13-14(6)2-4(16)3-15/h4,15-16H,1-3,11H2. The normalized spacial score (nSPS) is 14.1. The van der Waals surface area contributed by atoms with Gasteiger partial charge in [0.2, 0.25) is 0 Å². The number of hydrogen-bond donors (Lipinski definition) is 3. The van der Waals surface area contributed by atoms with Crippen LogP contribution in [-0.2, 0) is 19.3 Å². The zero-order chi connectivity index (χ0) is 12.3. The molecular formula is C7H11F3N4O2. The molecule has 1 atom stereocenters. The van der Waals surface area contributed by atoms with Gasteiger partial charge in [0.15, 0.2) is 5.69 Å². The summed E-state index contributed by atoms with van der Waals surface area (Å²) in [5, 5.41) is 24.1. The fraction of sp³-hybridized carbons (Fsp3) is 0.714. The fourth-order valence-corrected chi connectivity index (χ4v) is 1.18. The Hall–Kier alpha value is -1.19. The predicted molar refractivity (Wildman–Crippen MR) is 46.0 cm³/mol. The number of alkyl halides is 3. The Morgan fingerprint density at radius 2 is 2.06 bits per heavy atom. The van der Waals surface area contributed by atoms with Crippen molar-refractivity contribution in [2.45, 2.75) is 25.4 Å². The average Bonchev–Trinajstić information content (AvgIpc) is 2.60. The lowest BCUT2D eigenvalue weighted by Gasteiger charge is -2.12. The number of nitrogens with zero attached hydrogens (tertiary/aromatic N) is 3. The Morgan fingerprint density at radius 3 is 2.50 bits per heavy atom. The maximum absolute atomic E-state index is 12.6. The molecule has 0 amide bonds. The van der Waals surface area contributed by atoms with Crippen LogP contribution in [0.2, 0.25) is 0 Å². The first-order valence-corrected chi connectivity index (χ1v) is 4.38. The Morgan fingerprint density at radius 1 is 1.44 bits per heavy atom. The van der Waals surface area contributed by atoms with Gasteiger partial charge in [-0.25, -0.2) is 4.68 Å². The summed E-state index contributed by atoms with van der Waals surface area (Å²) in [7, 11) is 0. The van der Waals surface area contributed by atoms with E-state index in [4.69, 9.17) is 15.9 Å². The molecule has 1 heterocycles. The first kappa shape index (κ1) is 12.9. The van der Waals surface area contributed by atoms with Crippen molar-refractivity contribution in [3.8, 4) is 0 Å². The molecule has 0 radical (unpaired) electrons. The second-order valence-corrected chi connectivity index (χ2v) is 3.11. The summed E-state index contributed by atoms with van der Waals surface area (Å²) in [5.74, 6) is 0. The van der Waals surface area contributed by atoms with E-state index in [1.54, 1.807) is 0 Å². The van der Waals surface area contributed by atoms with E-state index in [1.807, 2.05) is 0 Å². The summed E-state index contributed by atoms with van der Waals surface area (Å²) in [5.41, 5.74) is 3.61. The largest absolute Gasteiger partial charge is 0.434 e. The molecule has 92 valence electrons. The van der Waals surface area contributed by atoms with E-state index in [0.717, 1.165) is 0 Å². The molecule has 0 aliphatic carbocycles. The zero-order valence-corrected chi connectivity index (χ0v) is 8.15. The second-order valence-electron chi connectivity index (χ2n) is 3.11. The topological polar surface area (TPSA) is 97.2 Å². The molecule has 6 nitrogen and oxygen atoms in total. The van der Waals surface area contributed by atoms with E-state index in [2.05, 4.69) is 10.3 Å². The van der Waals surface area contributed by atoms with Gasteiger partial charge >= 0.3 is 6.18 Å². The number of halogens is 3. The van der Waals surface area contributed by atoms with E-state index in [0.29, 0.717) is 4.68 Å². The van der Waals surface area contributed by atoms with Crippen LogP contribution in [0.3, 0.4) is 0 Å². The van der Waals surface area contributed by atoms with E-state index in [1.165, 1.54) is 0 Å². The highest BCUT2D eigenvalue weighted by Crippen LogP contribution is 2.30. The van der Waals surface area contributed by atoms with E-state index in [-0.39, 0.29) is 0 Å². The lowest BCUT2D eigenvalue weighted by Crippen LogP contribution is -2.25. The number of aromatic nitrogens is 3. The molecule has 1 rings (SSSR count). The highest BCUT2D eigenvalue weighted by atomic mass is 19.4. The van der Waals surface area contributed by atoms with Crippen LogP contribution in [0.25, 0.3) is 0 Å². The molecular weight excluding hydrogens is 229 g/mol. The molecule has 0 fully saturated rings. The second kappa shape index (κ2) is 4.76. The molecule has 1 aromatic rings. The van der Waals surface area contributed by atoms with Crippen LogP contribution in [0.5, 0.6) is 0 Å². The fourth-order valence-electron chi connectivity index (χ4n) is 1.18. The van der Waals surface area contributed by atoms with Gasteiger partial charge < -0.3 is 15.9 Å². The van der Waals surface area contributed by atoms with Crippen LogP contribution in [0.1, 0.15) is 11.4 Å². The van der Waals surface area contributed by atoms with Gasteiger partial charge in [0, 0.05) is 6.54 Å².